The van der Waals surface area contributed by atoms with E-state index >= 15 is 0 Å². The predicted octanol–water partition coefficient (Wildman–Crippen LogP) is 3.91. The maximum atomic E-state index is 6.42. The molecule has 2 aromatic rings. The second kappa shape index (κ2) is 6.74. The van der Waals surface area contributed by atoms with E-state index in [9.17, 15) is 0 Å². The molecule has 1 heterocycles. The molecule has 3 nitrogen and oxygen atoms in total. The summed E-state index contributed by atoms with van der Waals surface area (Å²) in [6.45, 7) is 1.64. The maximum Gasteiger partial charge on any atom is 0.127 e. The minimum Gasteiger partial charge on any atom is -0.457 e. The van der Waals surface area contributed by atoms with E-state index in [1.54, 1.807) is 0 Å². The van der Waals surface area contributed by atoms with Gasteiger partial charge in [0.05, 0.1) is 0 Å². The van der Waals surface area contributed by atoms with Crippen LogP contribution in [0.1, 0.15) is 24.4 Å². The van der Waals surface area contributed by atoms with Crippen molar-refractivity contribution in [3.8, 4) is 11.5 Å². The lowest BCUT2D eigenvalue weighted by Gasteiger charge is -2.28. The van der Waals surface area contributed by atoms with E-state index in [4.69, 9.17) is 15.2 Å². The molecule has 1 fully saturated rings. The SMILES string of the molecule is N[C@@H](c1cccc(Oc2ccccc2)c1)C1CCOCC1. The Hall–Kier alpha value is -1.84. The second-order valence-corrected chi connectivity index (χ2v) is 5.46. The molecular formula is C18H21NO2. The molecule has 0 saturated carbocycles. The van der Waals surface area contributed by atoms with E-state index in [-0.39, 0.29) is 6.04 Å². The average molecular weight is 283 g/mol. The lowest BCUT2D eigenvalue weighted by molar-refractivity contribution is 0.0583. The Morgan fingerprint density at radius 3 is 2.43 bits per heavy atom. The Balaban J connectivity index is 1.73. The van der Waals surface area contributed by atoms with Crippen LogP contribution in [0.3, 0.4) is 0 Å². The summed E-state index contributed by atoms with van der Waals surface area (Å²) in [6, 6.07) is 18.0. The maximum absolute atomic E-state index is 6.42. The highest BCUT2D eigenvalue weighted by atomic mass is 16.5. The second-order valence-electron chi connectivity index (χ2n) is 5.46. The van der Waals surface area contributed by atoms with Gasteiger partial charge in [-0.25, -0.2) is 0 Å². The Labute approximate surface area is 125 Å². The van der Waals surface area contributed by atoms with Crippen LogP contribution < -0.4 is 10.5 Å². The quantitative estimate of drug-likeness (QED) is 0.925. The van der Waals surface area contributed by atoms with Crippen LogP contribution in [0, 0.1) is 5.92 Å². The average Bonchev–Trinajstić information content (AvgIpc) is 2.56. The van der Waals surface area contributed by atoms with Crippen LogP contribution in [0.2, 0.25) is 0 Å². The van der Waals surface area contributed by atoms with Crippen molar-refractivity contribution >= 4 is 0 Å². The van der Waals surface area contributed by atoms with E-state index < -0.39 is 0 Å². The fraction of sp³-hybridized carbons (Fsp3) is 0.333. The molecule has 0 aliphatic carbocycles. The van der Waals surface area contributed by atoms with Crippen LogP contribution in [0.5, 0.6) is 11.5 Å². The largest absolute Gasteiger partial charge is 0.457 e. The van der Waals surface area contributed by atoms with Crippen LogP contribution in [0.4, 0.5) is 0 Å². The van der Waals surface area contributed by atoms with Crippen LogP contribution in [0.25, 0.3) is 0 Å². The zero-order chi connectivity index (χ0) is 14.5. The van der Waals surface area contributed by atoms with Gasteiger partial charge in [-0.15, -0.1) is 0 Å². The Bertz CT molecular complexity index is 564. The normalized spacial score (nSPS) is 17.4. The molecule has 1 aliphatic rings. The first-order valence-electron chi connectivity index (χ1n) is 7.49. The lowest BCUT2D eigenvalue weighted by Crippen LogP contribution is -2.27. The molecule has 0 bridgehead atoms. The third-order valence-electron chi connectivity index (χ3n) is 4.00. The van der Waals surface area contributed by atoms with Crippen LogP contribution >= 0.6 is 0 Å². The van der Waals surface area contributed by atoms with Gasteiger partial charge in [-0.1, -0.05) is 30.3 Å². The fourth-order valence-corrected chi connectivity index (χ4v) is 2.76. The first-order valence-corrected chi connectivity index (χ1v) is 7.49. The number of benzene rings is 2. The fourth-order valence-electron chi connectivity index (χ4n) is 2.76. The van der Waals surface area contributed by atoms with Crippen LogP contribution in [-0.2, 0) is 4.74 Å². The molecule has 1 aliphatic heterocycles. The van der Waals surface area contributed by atoms with Gasteiger partial charge in [0.15, 0.2) is 0 Å². The van der Waals surface area contributed by atoms with Crippen molar-refractivity contribution in [2.24, 2.45) is 11.7 Å². The number of hydrogen-bond acceptors (Lipinski definition) is 3. The molecule has 0 aromatic heterocycles. The molecule has 110 valence electrons. The predicted molar refractivity (Wildman–Crippen MR) is 83.4 cm³/mol. The summed E-state index contributed by atoms with van der Waals surface area (Å²) >= 11 is 0. The Morgan fingerprint density at radius 1 is 0.952 bits per heavy atom. The van der Waals surface area contributed by atoms with E-state index in [1.165, 1.54) is 0 Å². The van der Waals surface area contributed by atoms with Crippen molar-refractivity contribution in [2.75, 3.05) is 13.2 Å². The Kier molecular flexibility index (Phi) is 4.53. The topological polar surface area (TPSA) is 44.5 Å². The molecule has 1 atom stereocenters. The number of ether oxygens (including phenoxy) is 2. The van der Waals surface area contributed by atoms with Crippen LogP contribution in [-0.4, -0.2) is 13.2 Å². The van der Waals surface area contributed by atoms with E-state index in [0.717, 1.165) is 43.1 Å². The van der Waals surface area contributed by atoms with Crippen molar-refractivity contribution in [1.29, 1.82) is 0 Å². The minimum atomic E-state index is 0.0493. The summed E-state index contributed by atoms with van der Waals surface area (Å²) in [6.07, 6.45) is 2.07. The molecule has 3 heteroatoms. The summed E-state index contributed by atoms with van der Waals surface area (Å²) in [7, 11) is 0. The van der Waals surface area contributed by atoms with Gasteiger partial charge in [0, 0.05) is 19.3 Å². The molecule has 0 radical (unpaired) electrons. The zero-order valence-electron chi connectivity index (χ0n) is 12.1. The summed E-state index contributed by atoms with van der Waals surface area (Å²) in [4.78, 5) is 0. The Morgan fingerprint density at radius 2 is 1.67 bits per heavy atom. The minimum absolute atomic E-state index is 0.0493. The van der Waals surface area contributed by atoms with Gasteiger partial charge >= 0.3 is 0 Å². The van der Waals surface area contributed by atoms with E-state index in [1.807, 2.05) is 48.5 Å². The summed E-state index contributed by atoms with van der Waals surface area (Å²) in [5, 5.41) is 0. The van der Waals surface area contributed by atoms with Crippen molar-refractivity contribution in [2.45, 2.75) is 18.9 Å². The monoisotopic (exact) mass is 283 g/mol. The van der Waals surface area contributed by atoms with E-state index in [2.05, 4.69) is 6.07 Å². The lowest BCUT2D eigenvalue weighted by atomic mass is 9.88. The van der Waals surface area contributed by atoms with Crippen molar-refractivity contribution in [3.05, 3.63) is 60.2 Å². The summed E-state index contributed by atoms with van der Waals surface area (Å²) < 4.78 is 11.3. The molecule has 0 amide bonds. The number of para-hydroxylation sites is 1. The first-order chi connectivity index (χ1) is 10.3. The molecule has 3 rings (SSSR count). The van der Waals surface area contributed by atoms with Gasteiger partial charge < -0.3 is 15.2 Å². The molecule has 2 aromatic carbocycles. The standard InChI is InChI=1S/C18H21NO2/c19-18(14-9-11-20-12-10-14)15-5-4-8-17(13-15)21-16-6-2-1-3-7-16/h1-8,13-14,18H,9-12,19H2/t18-/m1/s1. The van der Waals surface area contributed by atoms with Gasteiger partial charge in [0.25, 0.3) is 0 Å². The summed E-state index contributed by atoms with van der Waals surface area (Å²) in [5.41, 5.74) is 7.56. The third kappa shape index (κ3) is 3.63. The van der Waals surface area contributed by atoms with Gasteiger partial charge in [0.1, 0.15) is 11.5 Å². The van der Waals surface area contributed by atoms with Crippen molar-refractivity contribution in [3.63, 3.8) is 0 Å². The van der Waals surface area contributed by atoms with E-state index in [0.29, 0.717) is 5.92 Å². The molecule has 21 heavy (non-hydrogen) atoms. The zero-order valence-corrected chi connectivity index (χ0v) is 12.1. The van der Waals surface area contributed by atoms with Gasteiger partial charge in [-0.05, 0) is 48.6 Å². The number of nitrogens with two attached hydrogens (primary N) is 1. The van der Waals surface area contributed by atoms with Gasteiger partial charge in [0.2, 0.25) is 0 Å². The smallest absolute Gasteiger partial charge is 0.127 e. The number of rotatable bonds is 4. The third-order valence-corrected chi connectivity index (χ3v) is 4.00. The molecule has 0 unspecified atom stereocenters. The highest BCUT2D eigenvalue weighted by Gasteiger charge is 2.22. The van der Waals surface area contributed by atoms with Crippen molar-refractivity contribution in [1.82, 2.24) is 0 Å². The highest BCUT2D eigenvalue weighted by molar-refractivity contribution is 5.35. The van der Waals surface area contributed by atoms with Crippen molar-refractivity contribution < 1.29 is 9.47 Å². The van der Waals surface area contributed by atoms with Gasteiger partial charge in [-0.3, -0.25) is 0 Å². The molecule has 2 N–H and O–H groups in total. The summed E-state index contributed by atoms with van der Waals surface area (Å²) in [5.74, 6) is 2.17. The highest BCUT2D eigenvalue weighted by Crippen LogP contribution is 2.30. The van der Waals surface area contributed by atoms with Gasteiger partial charge in [-0.2, -0.15) is 0 Å². The number of hydrogen-bond donors (Lipinski definition) is 1. The van der Waals surface area contributed by atoms with Crippen LogP contribution in [0.15, 0.2) is 54.6 Å². The molecular weight excluding hydrogens is 262 g/mol. The first kappa shape index (κ1) is 14.1. The molecule has 0 spiro atoms. The molecule has 1 saturated heterocycles.